The molecule has 1 aromatic heterocycles. The van der Waals surface area contributed by atoms with E-state index in [4.69, 9.17) is 5.73 Å². The molecule has 1 N–H and O–H groups in total. The third-order valence-corrected chi connectivity index (χ3v) is 0.665. The minimum absolute atomic E-state index is 0. The summed E-state index contributed by atoms with van der Waals surface area (Å²) in [4.78, 5) is 3.65. The fourth-order valence-corrected chi connectivity index (χ4v) is 0.363. The molecule has 0 unspecified atom stereocenters. The van der Waals surface area contributed by atoms with E-state index < -0.39 is 0 Å². The van der Waals surface area contributed by atoms with Crippen LogP contribution in [-0.4, -0.2) is 4.98 Å². The zero-order chi connectivity index (χ0) is 5.11. The number of halogens is 2. The van der Waals surface area contributed by atoms with Crippen LogP contribution in [0.25, 0.3) is 5.73 Å². The van der Waals surface area contributed by atoms with Crippen molar-refractivity contribution in [3.8, 4) is 0 Å². The normalized spacial score (nSPS) is 6.00. The molecule has 0 aromatic carbocycles. The molecular weight excluding hydrogens is 207 g/mol. The average Bonchev–Trinajstić information content (AvgIpc) is 1.69. The first-order chi connectivity index (χ1) is 3.39. The van der Waals surface area contributed by atoms with Gasteiger partial charge in [-0.05, 0) is 0 Å². The number of nitrogens with one attached hydrogen (secondary N) is 1. The molecular formula is C5H5Cl2N2Ti. The smallest absolute Gasteiger partial charge is 1.00 e. The molecule has 0 bridgehead atoms. The van der Waals surface area contributed by atoms with E-state index in [0.29, 0.717) is 5.82 Å². The van der Waals surface area contributed by atoms with Crippen molar-refractivity contribution in [3.63, 3.8) is 0 Å². The number of nitrogens with zero attached hydrogens (tertiary/aromatic N) is 1. The molecule has 0 saturated heterocycles. The summed E-state index contributed by atoms with van der Waals surface area (Å²) in [5, 5.41) is 0. The van der Waals surface area contributed by atoms with Gasteiger partial charge in [-0.15, -0.1) is 0 Å². The molecule has 0 fully saturated rings. The van der Waals surface area contributed by atoms with E-state index in [1.807, 2.05) is 0 Å². The van der Waals surface area contributed by atoms with Crippen LogP contribution >= 0.6 is 0 Å². The molecule has 0 aliphatic heterocycles. The van der Waals surface area contributed by atoms with Crippen LogP contribution in [0.4, 0.5) is 5.82 Å². The summed E-state index contributed by atoms with van der Waals surface area (Å²) in [6.07, 6.45) is 1.60. The third-order valence-electron chi connectivity index (χ3n) is 0.665. The minimum Gasteiger partial charge on any atom is -1.00 e. The Kier molecular flexibility index (Phi) is 15.4. The summed E-state index contributed by atoms with van der Waals surface area (Å²) in [7, 11) is 0. The SMILES string of the molecule is [Cl-].[Cl-].[NH-]c1ccccn1.[Ti+3]. The summed E-state index contributed by atoms with van der Waals surface area (Å²) in [6, 6.07) is 5.22. The molecule has 0 aliphatic rings. The largest absolute Gasteiger partial charge is 3.00 e. The van der Waals surface area contributed by atoms with Crippen molar-refractivity contribution in [1.82, 2.24) is 4.98 Å². The van der Waals surface area contributed by atoms with Gasteiger partial charge >= 0.3 is 21.7 Å². The van der Waals surface area contributed by atoms with Gasteiger partial charge in [0.25, 0.3) is 0 Å². The summed E-state index contributed by atoms with van der Waals surface area (Å²) in [5.41, 5.74) is 6.88. The van der Waals surface area contributed by atoms with Crippen molar-refractivity contribution in [3.05, 3.63) is 30.1 Å². The maximum Gasteiger partial charge on any atom is 3.00 e. The predicted octanol–water partition coefficient (Wildman–Crippen LogP) is -4.23. The molecule has 1 radical (unpaired) electrons. The molecule has 0 atom stereocenters. The average molecular weight is 212 g/mol. The minimum atomic E-state index is 0. The zero-order valence-electron chi connectivity index (χ0n) is 5.01. The fraction of sp³-hybridized carbons (Fsp3) is 0. The molecule has 0 aliphatic carbocycles. The Morgan fingerprint density at radius 3 is 2.00 bits per heavy atom. The van der Waals surface area contributed by atoms with Gasteiger partial charge in [-0.25, -0.2) is 0 Å². The van der Waals surface area contributed by atoms with Crippen LogP contribution in [0.3, 0.4) is 0 Å². The van der Waals surface area contributed by atoms with Gasteiger partial charge in [0.05, 0.1) is 0 Å². The topological polar surface area (TPSA) is 36.7 Å². The summed E-state index contributed by atoms with van der Waals surface area (Å²) < 4.78 is 0. The molecule has 53 valence electrons. The molecule has 0 saturated carbocycles. The van der Waals surface area contributed by atoms with Crippen molar-refractivity contribution >= 4 is 5.82 Å². The third kappa shape index (κ3) is 6.37. The number of rotatable bonds is 0. The first-order valence-electron chi connectivity index (χ1n) is 2.02. The zero-order valence-corrected chi connectivity index (χ0v) is 8.09. The van der Waals surface area contributed by atoms with Crippen molar-refractivity contribution in [1.29, 1.82) is 0 Å². The van der Waals surface area contributed by atoms with Gasteiger partial charge in [0, 0.05) is 0 Å². The van der Waals surface area contributed by atoms with Gasteiger partial charge in [0.15, 0.2) is 0 Å². The monoisotopic (exact) mass is 211 g/mol. The predicted molar refractivity (Wildman–Crippen MR) is 28.2 cm³/mol. The van der Waals surface area contributed by atoms with Crippen molar-refractivity contribution < 1.29 is 46.5 Å². The number of hydrogen-bond acceptors (Lipinski definition) is 1. The Balaban J connectivity index is -0.000000163. The molecule has 1 aromatic rings. The van der Waals surface area contributed by atoms with E-state index in [-0.39, 0.29) is 46.5 Å². The van der Waals surface area contributed by atoms with Gasteiger partial charge in [0.1, 0.15) is 0 Å². The summed E-state index contributed by atoms with van der Waals surface area (Å²) >= 11 is 0. The fourth-order valence-electron chi connectivity index (χ4n) is 0.363. The van der Waals surface area contributed by atoms with Crippen LogP contribution < -0.4 is 24.8 Å². The molecule has 1 heterocycles. The van der Waals surface area contributed by atoms with E-state index in [2.05, 4.69) is 4.98 Å². The molecule has 0 amide bonds. The maximum atomic E-state index is 6.88. The maximum absolute atomic E-state index is 6.88. The second-order valence-electron chi connectivity index (χ2n) is 1.21. The van der Waals surface area contributed by atoms with Gasteiger partial charge in [-0.2, -0.15) is 0 Å². The first-order valence-corrected chi connectivity index (χ1v) is 2.02. The van der Waals surface area contributed by atoms with Crippen LogP contribution in [0.2, 0.25) is 0 Å². The van der Waals surface area contributed by atoms with Crippen LogP contribution in [0.15, 0.2) is 24.4 Å². The van der Waals surface area contributed by atoms with E-state index in [1.165, 1.54) is 0 Å². The van der Waals surface area contributed by atoms with Crippen molar-refractivity contribution in [2.24, 2.45) is 0 Å². The van der Waals surface area contributed by atoms with Gasteiger partial charge < -0.3 is 35.5 Å². The van der Waals surface area contributed by atoms with E-state index in [1.54, 1.807) is 24.4 Å². The number of pyridine rings is 1. The molecule has 10 heavy (non-hydrogen) atoms. The van der Waals surface area contributed by atoms with Crippen LogP contribution in [0, 0.1) is 0 Å². The molecule has 0 spiro atoms. The van der Waals surface area contributed by atoms with E-state index in [9.17, 15) is 0 Å². The quantitative estimate of drug-likeness (QED) is 0.401. The second-order valence-corrected chi connectivity index (χ2v) is 1.21. The van der Waals surface area contributed by atoms with Gasteiger partial charge in [-0.1, -0.05) is 30.2 Å². The van der Waals surface area contributed by atoms with E-state index in [0.717, 1.165) is 0 Å². The number of hydrogen-bond donors (Lipinski definition) is 0. The summed E-state index contributed by atoms with van der Waals surface area (Å²) in [5.74, 6) is 0.322. The Morgan fingerprint density at radius 1 is 1.20 bits per heavy atom. The Morgan fingerprint density at radius 2 is 1.80 bits per heavy atom. The van der Waals surface area contributed by atoms with E-state index >= 15 is 0 Å². The standard InChI is InChI=1S/C5H5N2.2ClH.Ti/c6-5-3-1-2-4-7-5;;;/h1-4H,(H-,6,7);2*1H;/q-1;;;+3/p-2. The number of aromatic nitrogens is 1. The Labute approximate surface area is 87.3 Å². The second kappa shape index (κ2) is 9.24. The Bertz CT molecular complexity index is 148. The van der Waals surface area contributed by atoms with Crippen LogP contribution in [0.5, 0.6) is 0 Å². The summed E-state index contributed by atoms with van der Waals surface area (Å²) in [6.45, 7) is 0. The van der Waals surface area contributed by atoms with Crippen LogP contribution in [0.1, 0.15) is 0 Å². The van der Waals surface area contributed by atoms with Gasteiger partial charge in [-0.3, -0.25) is 0 Å². The molecule has 2 nitrogen and oxygen atoms in total. The first kappa shape index (κ1) is 16.7. The van der Waals surface area contributed by atoms with Crippen molar-refractivity contribution in [2.45, 2.75) is 0 Å². The van der Waals surface area contributed by atoms with Crippen molar-refractivity contribution in [2.75, 3.05) is 0 Å². The van der Waals surface area contributed by atoms with Gasteiger partial charge in [0.2, 0.25) is 0 Å². The van der Waals surface area contributed by atoms with Crippen LogP contribution in [-0.2, 0) is 21.7 Å². The molecule has 5 heteroatoms. The Hall–Kier alpha value is 0.244. The molecule has 1 rings (SSSR count).